The first-order valence-electron chi connectivity index (χ1n) is 6.60. The van der Waals surface area contributed by atoms with E-state index >= 15 is 0 Å². The van der Waals surface area contributed by atoms with Crippen molar-refractivity contribution < 1.29 is 17.9 Å². The predicted molar refractivity (Wildman–Crippen MR) is 82.6 cm³/mol. The minimum Gasteiger partial charge on any atom is -0.392 e. The van der Waals surface area contributed by atoms with Gasteiger partial charge in [-0.3, -0.25) is 0 Å². The summed E-state index contributed by atoms with van der Waals surface area (Å²) in [6.45, 7) is -0.307. The van der Waals surface area contributed by atoms with Crippen LogP contribution in [0.2, 0.25) is 5.02 Å². The van der Waals surface area contributed by atoms with E-state index in [9.17, 15) is 12.8 Å². The van der Waals surface area contributed by atoms with Gasteiger partial charge >= 0.3 is 0 Å². The smallest absolute Gasteiger partial charge is 0.243 e. The van der Waals surface area contributed by atoms with Crippen LogP contribution in [0.25, 0.3) is 0 Å². The number of halogens is 2. The summed E-state index contributed by atoms with van der Waals surface area (Å²) in [5.74, 6) is 1.37. The molecule has 1 fully saturated rings. The molecule has 1 aliphatic heterocycles. The molecule has 0 unspecified atom stereocenters. The fourth-order valence-corrected chi connectivity index (χ4v) is 4.95. The van der Waals surface area contributed by atoms with Crippen molar-refractivity contribution in [1.29, 1.82) is 0 Å². The van der Waals surface area contributed by atoms with Crippen molar-refractivity contribution in [3.8, 4) is 0 Å². The molecule has 0 aromatic heterocycles. The van der Waals surface area contributed by atoms with Gasteiger partial charge in [-0.15, -0.1) is 0 Å². The van der Waals surface area contributed by atoms with E-state index < -0.39 is 27.3 Å². The second kappa shape index (κ2) is 7.28. The molecule has 2 rings (SSSR count). The first-order chi connectivity index (χ1) is 9.94. The number of thioether (sulfide) groups is 1. The molecule has 118 valence electrons. The Labute approximate surface area is 133 Å². The van der Waals surface area contributed by atoms with E-state index in [-0.39, 0.29) is 16.5 Å². The Morgan fingerprint density at radius 1 is 1.38 bits per heavy atom. The van der Waals surface area contributed by atoms with Crippen LogP contribution in [-0.4, -0.2) is 31.6 Å². The molecule has 1 saturated heterocycles. The quantitative estimate of drug-likeness (QED) is 0.853. The summed E-state index contributed by atoms with van der Waals surface area (Å²) in [5, 5.41) is 9.13. The van der Waals surface area contributed by atoms with E-state index in [4.69, 9.17) is 16.7 Å². The van der Waals surface area contributed by atoms with Gasteiger partial charge in [0.2, 0.25) is 10.0 Å². The lowest BCUT2D eigenvalue weighted by Gasteiger charge is -2.21. The molecular formula is C13H17ClFNO3S2. The van der Waals surface area contributed by atoms with Crippen LogP contribution >= 0.6 is 23.4 Å². The molecule has 0 atom stereocenters. The maximum Gasteiger partial charge on any atom is 0.243 e. The van der Waals surface area contributed by atoms with E-state index in [0.29, 0.717) is 6.54 Å². The third kappa shape index (κ3) is 4.32. The number of nitrogens with one attached hydrogen (secondary N) is 1. The lowest BCUT2D eigenvalue weighted by atomic mass is 10.0. The Hall–Kier alpha value is -0.340. The third-order valence-electron chi connectivity index (χ3n) is 3.44. The Morgan fingerprint density at radius 2 is 2.05 bits per heavy atom. The zero-order valence-electron chi connectivity index (χ0n) is 11.3. The van der Waals surface area contributed by atoms with Crippen LogP contribution in [0.4, 0.5) is 4.39 Å². The highest BCUT2D eigenvalue weighted by molar-refractivity contribution is 7.99. The van der Waals surface area contributed by atoms with Gasteiger partial charge in [0.1, 0.15) is 10.7 Å². The molecule has 0 spiro atoms. The van der Waals surface area contributed by atoms with Crippen molar-refractivity contribution in [3.63, 3.8) is 0 Å². The summed E-state index contributed by atoms with van der Waals surface area (Å²) in [7, 11) is -3.97. The van der Waals surface area contributed by atoms with Crippen LogP contribution in [0.15, 0.2) is 17.0 Å². The average Bonchev–Trinajstić information content (AvgIpc) is 2.48. The van der Waals surface area contributed by atoms with Gasteiger partial charge in [0.05, 0.1) is 6.61 Å². The van der Waals surface area contributed by atoms with E-state index in [1.54, 1.807) is 0 Å². The molecule has 0 radical (unpaired) electrons. The molecule has 8 heteroatoms. The monoisotopic (exact) mass is 353 g/mol. The van der Waals surface area contributed by atoms with Gasteiger partial charge in [-0.05, 0) is 42.4 Å². The molecule has 2 N–H and O–H groups in total. The molecule has 0 aliphatic carbocycles. The summed E-state index contributed by atoms with van der Waals surface area (Å²) in [4.78, 5) is -0.510. The van der Waals surface area contributed by atoms with E-state index in [1.807, 2.05) is 11.8 Å². The van der Waals surface area contributed by atoms with Crippen molar-refractivity contribution in [2.45, 2.75) is 24.3 Å². The molecule has 1 aliphatic rings. The van der Waals surface area contributed by atoms with Crippen molar-refractivity contribution in [3.05, 3.63) is 28.5 Å². The van der Waals surface area contributed by atoms with Crippen molar-refractivity contribution in [1.82, 2.24) is 4.72 Å². The van der Waals surface area contributed by atoms with E-state index in [0.717, 1.165) is 30.4 Å². The number of rotatable bonds is 5. The van der Waals surface area contributed by atoms with E-state index in [2.05, 4.69) is 4.72 Å². The molecule has 0 saturated carbocycles. The number of aliphatic hydroxyl groups excluding tert-OH is 1. The fourth-order valence-electron chi connectivity index (χ4n) is 2.18. The van der Waals surface area contributed by atoms with Crippen LogP contribution < -0.4 is 4.72 Å². The number of aliphatic hydroxyl groups is 1. The zero-order chi connectivity index (χ0) is 15.5. The number of hydrogen-bond donors (Lipinski definition) is 2. The predicted octanol–water partition coefficient (Wildman–Crippen LogP) is 2.39. The average molecular weight is 354 g/mol. The number of benzene rings is 1. The summed E-state index contributed by atoms with van der Waals surface area (Å²) >= 11 is 7.64. The van der Waals surface area contributed by atoms with Gasteiger partial charge in [-0.2, -0.15) is 11.8 Å². The maximum absolute atomic E-state index is 14.1. The molecular weight excluding hydrogens is 337 g/mol. The SMILES string of the molecule is O=S(=O)(NCC1CCSCC1)c1cc(Cl)cc(CO)c1F. The normalized spacial score (nSPS) is 17.1. The number of sulfonamides is 1. The lowest BCUT2D eigenvalue weighted by molar-refractivity contribution is 0.274. The van der Waals surface area contributed by atoms with Crippen molar-refractivity contribution in [2.24, 2.45) is 5.92 Å². The molecule has 4 nitrogen and oxygen atoms in total. The Bertz CT molecular complexity index is 604. The van der Waals surface area contributed by atoms with Gasteiger partial charge in [-0.25, -0.2) is 17.5 Å². The summed E-state index contributed by atoms with van der Waals surface area (Å²) < 4.78 is 41.0. The Kier molecular flexibility index (Phi) is 5.90. The Balaban J connectivity index is 2.17. The van der Waals surface area contributed by atoms with E-state index in [1.165, 1.54) is 6.07 Å². The highest BCUT2D eigenvalue weighted by atomic mass is 35.5. The number of hydrogen-bond acceptors (Lipinski definition) is 4. The molecule has 1 aromatic rings. The second-order valence-corrected chi connectivity index (χ2v) is 8.34. The van der Waals surface area contributed by atoms with Crippen molar-refractivity contribution >= 4 is 33.4 Å². The zero-order valence-corrected chi connectivity index (χ0v) is 13.7. The Morgan fingerprint density at radius 3 is 2.67 bits per heavy atom. The largest absolute Gasteiger partial charge is 0.392 e. The topological polar surface area (TPSA) is 66.4 Å². The van der Waals surface area contributed by atoms with Crippen molar-refractivity contribution in [2.75, 3.05) is 18.1 Å². The standard InChI is InChI=1S/C13H17ClFNO3S2/c14-11-5-10(8-17)13(15)12(6-11)21(18,19)16-7-9-1-3-20-4-2-9/h5-6,9,16-17H,1-4,7-8H2. The molecule has 0 bridgehead atoms. The van der Waals surface area contributed by atoms with Gasteiger partial charge < -0.3 is 5.11 Å². The van der Waals surface area contributed by atoms with Gasteiger partial charge in [0, 0.05) is 17.1 Å². The summed E-state index contributed by atoms with van der Waals surface area (Å²) in [6, 6.07) is 2.28. The summed E-state index contributed by atoms with van der Waals surface area (Å²) in [6.07, 6.45) is 1.90. The van der Waals surface area contributed by atoms with Gasteiger partial charge in [0.15, 0.2) is 0 Å². The lowest BCUT2D eigenvalue weighted by Crippen LogP contribution is -2.31. The van der Waals surface area contributed by atoms with Crippen LogP contribution in [0.5, 0.6) is 0 Å². The van der Waals surface area contributed by atoms with Gasteiger partial charge in [0.25, 0.3) is 0 Å². The minimum absolute atomic E-state index is 0.0786. The molecule has 21 heavy (non-hydrogen) atoms. The second-order valence-electron chi connectivity index (χ2n) is 4.94. The highest BCUT2D eigenvalue weighted by Gasteiger charge is 2.24. The summed E-state index contributed by atoms with van der Waals surface area (Å²) in [5.41, 5.74) is -0.128. The van der Waals surface area contributed by atoms with Crippen LogP contribution in [-0.2, 0) is 16.6 Å². The molecule has 1 heterocycles. The van der Waals surface area contributed by atoms with Crippen LogP contribution in [0.3, 0.4) is 0 Å². The van der Waals surface area contributed by atoms with Gasteiger partial charge in [-0.1, -0.05) is 11.6 Å². The first kappa shape index (κ1) is 17.0. The van der Waals surface area contributed by atoms with Crippen LogP contribution in [0, 0.1) is 11.7 Å². The molecule has 0 amide bonds. The van der Waals surface area contributed by atoms with Crippen LogP contribution in [0.1, 0.15) is 18.4 Å². The molecule has 1 aromatic carbocycles. The first-order valence-corrected chi connectivity index (χ1v) is 9.62. The minimum atomic E-state index is -3.97. The maximum atomic E-state index is 14.1. The highest BCUT2D eigenvalue weighted by Crippen LogP contribution is 2.25. The third-order valence-corrected chi connectivity index (χ3v) is 6.13. The fraction of sp³-hybridized carbons (Fsp3) is 0.538.